The largest absolute Gasteiger partial charge is 0.384 e. The van der Waals surface area contributed by atoms with Crippen LogP contribution < -0.4 is 0 Å². The van der Waals surface area contributed by atoms with Gasteiger partial charge < -0.3 is 5.11 Å². The predicted octanol–water partition coefficient (Wildman–Crippen LogP) is 8.72. The molecule has 4 heteroatoms. The quantitative estimate of drug-likeness (QED) is 0.383. The van der Waals surface area contributed by atoms with E-state index in [4.69, 9.17) is 0 Å². The Bertz CT molecular complexity index is 898. The molecule has 0 aliphatic rings. The van der Waals surface area contributed by atoms with Crippen LogP contribution in [0.5, 0.6) is 0 Å². The molecule has 1 aromatic heterocycles. The van der Waals surface area contributed by atoms with Crippen LogP contribution in [0.4, 0.5) is 5.69 Å². The molecule has 0 amide bonds. The van der Waals surface area contributed by atoms with Crippen LogP contribution in [0.15, 0.2) is 47.5 Å². The Morgan fingerprint density at radius 2 is 1.54 bits per heavy atom. The molecule has 1 aromatic carbocycles. The molecule has 0 saturated carbocycles. The van der Waals surface area contributed by atoms with Gasteiger partial charge >= 0.3 is 0 Å². The standard InChI is InChI=1S/C14H22N2O.C12H16O.C5H12/c1-6-7-10(2)15-12-8-9-13(14(4,5)17)16-11(12)3;1-3-12(13)9-10(2)11-7-5-4-6-8-11;1-5(2,3)4/h8-9,17H,6-7H2,1-5H3;4-8,10H,3,9H2,1-2H3;1-4H3/t;10-;/m.1./s1. The second-order valence-electron chi connectivity index (χ2n) is 11.4. The molecular formula is C31H50N2O2. The summed E-state index contributed by atoms with van der Waals surface area (Å²) in [6.45, 7) is 22.3. The van der Waals surface area contributed by atoms with E-state index in [0.717, 1.165) is 29.9 Å². The fourth-order valence-corrected chi connectivity index (χ4v) is 3.02. The Morgan fingerprint density at radius 3 is 1.97 bits per heavy atom. The number of benzene rings is 1. The number of aliphatic hydroxyl groups is 1. The van der Waals surface area contributed by atoms with E-state index in [9.17, 15) is 9.90 Å². The number of hydrogen-bond acceptors (Lipinski definition) is 4. The molecule has 1 N–H and O–H groups in total. The Labute approximate surface area is 215 Å². The van der Waals surface area contributed by atoms with Crippen molar-refractivity contribution in [3.63, 3.8) is 0 Å². The molecule has 0 aliphatic carbocycles. The number of aryl methyl sites for hydroxylation is 1. The Morgan fingerprint density at radius 1 is 1.00 bits per heavy atom. The number of aliphatic imine (C=N–C) groups is 1. The van der Waals surface area contributed by atoms with Gasteiger partial charge in [0, 0.05) is 18.6 Å². The number of Topliss-reactive ketones (excluding diaryl/α,β-unsaturated/α-hetero) is 1. The molecule has 1 atom stereocenters. The van der Waals surface area contributed by atoms with Gasteiger partial charge in [0.2, 0.25) is 0 Å². The van der Waals surface area contributed by atoms with Crippen molar-refractivity contribution in [2.45, 2.75) is 113 Å². The van der Waals surface area contributed by atoms with Gasteiger partial charge in [0.05, 0.1) is 17.1 Å². The molecule has 0 bridgehead atoms. The maximum atomic E-state index is 11.2. The SMILES string of the molecule is CC(C)(C)C.CCC(=O)C[C@@H](C)c1ccccc1.CCCC(C)=Nc1ccc(C(C)(C)O)nc1C. The maximum absolute atomic E-state index is 11.2. The van der Waals surface area contributed by atoms with E-state index in [1.54, 1.807) is 13.8 Å². The first-order valence-electron chi connectivity index (χ1n) is 12.9. The highest BCUT2D eigenvalue weighted by Gasteiger charge is 2.18. The van der Waals surface area contributed by atoms with Crippen molar-refractivity contribution in [3.05, 3.63) is 59.4 Å². The summed E-state index contributed by atoms with van der Waals surface area (Å²) in [6, 6.07) is 13.9. The summed E-state index contributed by atoms with van der Waals surface area (Å²) >= 11 is 0. The van der Waals surface area contributed by atoms with E-state index < -0.39 is 5.60 Å². The van der Waals surface area contributed by atoms with Gasteiger partial charge in [-0.05, 0) is 63.1 Å². The van der Waals surface area contributed by atoms with E-state index >= 15 is 0 Å². The van der Waals surface area contributed by atoms with Crippen molar-refractivity contribution >= 4 is 17.2 Å². The number of ketones is 1. The minimum Gasteiger partial charge on any atom is -0.384 e. The number of nitrogens with zero attached hydrogens (tertiary/aromatic N) is 2. The molecule has 196 valence electrons. The molecule has 1 heterocycles. The third-order valence-corrected chi connectivity index (χ3v) is 4.90. The number of hydrogen-bond donors (Lipinski definition) is 1. The first-order valence-corrected chi connectivity index (χ1v) is 12.9. The zero-order valence-electron chi connectivity index (χ0n) is 24.2. The van der Waals surface area contributed by atoms with E-state index in [2.05, 4.69) is 63.7 Å². The maximum Gasteiger partial charge on any atom is 0.133 e. The van der Waals surface area contributed by atoms with E-state index in [1.165, 1.54) is 5.56 Å². The number of rotatable bonds is 8. The van der Waals surface area contributed by atoms with Gasteiger partial charge in [-0.1, -0.05) is 85.2 Å². The van der Waals surface area contributed by atoms with Gasteiger partial charge in [-0.3, -0.25) is 14.8 Å². The van der Waals surface area contributed by atoms with Gasteiger partial charge in [-0.15, -0.1) is 0 Å². The number of pyridine rings is 1. The molecule has 2 aromatic rings. The van der Waals surface area contributed by atoms with E-state index in [0.29, 0.717) is 35.7 Å². The van der Waals surface area contributed by atoms with Gasteiger partial charge in [-0.25, -0.2) is 0 Å². The zero-order chi connectivity index (χ0) is 27.2. The molecule has 4 nitrogen and oxygen atoms in total. The lowest BCUT2D eigenvalue weighted by atomic mass is 9.95. The average molecular weight is 483 g/mol. The third-order valence-electron chi connectivity index (χ3n) is 4.90. The number of carbonyl (C=O) groups is 1. The van der Waals surface area contributed by atoms with Crippen molar-refractivity contribution in [1.29, 1.82) is 0 Å². The first-order chi connectivity index (χ1) is 16.1. The molecule has 0 spiro atoms. The normalized spacial score (nSPS) is 12.6. The molecular weight excluding hydrogens is 432 g/mol. The summed E-state index contributed by atoms with van der Waals surface area (Å²) < 4.78 is 0. The lowest BCUT2D eigenvalue weighted by molar-refractivity contribution is -0.119. The first kappa shape index (κ1) is 32.7. The van der Waals surface area contributed by atoms with Crippen LogP contribution in [0.25, 0.3) is 0 Å². The van der Waals surface area contributed by atoms with Gasteiger partial charge in [0.25, 0.3) is 0 Å². The predicted molar refractivity (Wildman–Crippen MR) is 152 cm³/mol. The minimum absolute atomic E-state index is 0.344. The highest BCUT2D eigenvalue weighted by Crippen LogP contribution is 2.23. The Hall–Kier alpha value is -2.33. The van der Waals surface area contributed by atoms with Crippen molar-refractivity contribution in [2.75, 3.05) is 0 Å². The fraction of sp³-hybridized carbons (Fsp3) is 0.581. The lowest BCUT2D eigenvalue weighted by Crippen LogP contribution is -2.17. The summed E-state index contributed by atoms with van der Waals surface area (Å²) in [7, 11) is 0. The summed E-state index contributed by atoms with van der Waals surface area (Å²) in [4.78, 5) is 20.1. The van der Waals surface area contributed by atoms with E-state index in [-0.39, 0.29) is 0 Å². The molecule has 0 radical (unpaired) electrons. The highest BCUT2D eigenvalue weighted by molar-refractivity contribution is 5.84. The molecule has 0 fully saturated rings. The summed E-state index contributed by atoms with van der Waals surface area (Å²) in [5.74, 6) is 0.699. The third kappa shape index (κ3) is 16.1. The second-order valence-corrected chi connectivity index (χ2v) is 11.4. The van der Waals surface area contributed by atoms with Crippen LogP contribution in [-0.2, 0) is 10.4 Å². The van der Waals surface area contributed by atoms with Crippen LogP contribution in [-0.4, -0.2) is 21.6 Å². The Balaban J connectivity index is 0.000000567. The number of carbonyl (C=O) groups excluding carboxylic acids is 1. The number of aromatic nitrogens is 1. The Kier molecular flexibility index (Phi) is 14.6. The zero-order valence-corrected chi connectivity index (χ0v) is 24.2. The molecule has 35 heavy (non-hydrogen) atoms. The van der Waals surface area contributed by atoms with E-state index in [1.807, 2.05) is 51.1 Å². The second kappa shape index (κ2) is 15.6. The molecule has 0 unspecified atom stereocenters. The van der Waals surface area contributed by atoms with Gasteiger partial charge in [-0.2, -0.15) is 0 Å². The highest BCUT2D eigenvalue weighted by atomic mass is 16.3. The van der Waals surface area contributed by atoms with Gasteiger partial charge in [0.15, 0.2) is 0 Å². The summed E-state index contributed by atoms with van der Waals surface area (Å²) in [5, 5.41) is 9.87. The topological polar surface area (TPSA) is 62.5 Å². The monoisotopic (exact) mass is 482 g/mol. The lowest BCUT2D eigenvalue weighted by Gasteiger charge is -2.17. The molecule has 2 rings (SSSR count). The van der Waals surface area contributed by atoms with Crippen molar-refractivity contribution in [2.24, 2.45) is 10.4 Å². The smallest absolute Gasteiger partial charge is 0.133 e. The average Bonchev–Trinajstić information content (AvgIpc) is 2.74. The van der Waals surface area contributed by atoms with Crippen LogP contribution in [0.2, 0.25) is 0 Å². The van der Waals surface area contributed by atoms with Crippen molar-refractivity contribution in [1.82, 2.24) is 4.98 Å². The summed E-state index contributed by atoms with van der Waals surface area (Å²) in [6.07, 6.45) is 3.42. The molecule has 0 saturated heterocycles. The van der Waals surface area contributed by atoms with Crippen molar-refractivity contribution < 1.29 is 9.90 Å². The van der Waals surface area contributed by atoms with Crippen LogP contribution in [0.1, 0.15) is 118 Å². The van der Waals surface area contributed by atoms with Gasteiger partial charge in [0.1, 0.15) is 11.4 Å². The molecule has 0 aliphatic heterocycles. The van der Waals surface area contributed by atoms with Crippen LogP contribution in [0, 0.1) is 12.3 Å². The summed E-state index contributed by atoms with van der Waals surface area (Å²) in [5.41, 5.74) is 4.41. The van der Waals surface area contributed by atoms with Crippen LogP contribution >= 0.6 is 0 Å². The van der Waals surface area contributed by atoms with Crippen LogP contribution in [0.3, 0.4) is 0 Å². The minimum atomic E-state index is -0.897. The van der Waals surface area contributed by atoms with Crippen molar-refractivity contribution in [3.8, 4) is 0 Å². The fourth-order valence-electron chi connectivity index (χ4n) is 3.02.